The van der Waals surface area contributed by atoms with Crippen molar-refractivity contribution in [2.45, 2.75) is 0 Å². The summed E-state index contributed by atoms with van der Waals surface area (Å²) in [5.41, 5.74) is 0. The Hall–Kier alpha value is 0.200. The largest absolute Gasteiger partial charge is 0.166 e. The van der Waals surface area contributed by atoms with Crippen LogP contribution in [0.3, 0.4) is 0 Å². The van der Waals surface area contributed by atoms with E-state index in [4.69, 9.17) is 11.6 Å². The molecule has 0 saturated heterocycles. The molecule has 0 aromatic heterocycles. The van der Waals surface area contributed by atoms with Crippen molar-refractivity contribution in [1.29, 1.82) is 0 Å². The van der Waals surface area contributed by atoms with Crippen LogP contribution < -0.4 is 0 Å². The minimum atomic E-state index is 0.545. The molecule has 0 aromatic rings. The lowest BCUT2D eigenvalue weighted by molar-refractivity contribution is 1.99. The van der Waals surface area contributed by atoms with Gasteiger partial charge in [0, 0.05) is 5.38 Å². The highest BCUT2D eigenvalue weighted by Crippen LogP contribution is 1.67. The van der Waals surface area contributed by atoms with Crippen LogP contribution in [0.25, 0.3) is 0 Å². The molecule has 0 unspecified atom stereocenters. The van der Waals surface area contributed by atoms with Gasteiger partial charge < -0.3 is 0 Å². The quantitative estimate of drug-likeness (QED) is 0.347. The SMILES string of the molecule is SCC#CCl. The first-order valence-corrected chi connectivity index (χ1v) is 2.12. The van der Waals surface area contributed by atoms with Gasteiger partial charge in [-0.3, -0.25) is 0 Å². The van der Waals surface area contributed by atoms with E-state index in [9.17, 15) is 0 Å². The second kappa shape index (κ2) is 4.20. The summed E-state index contributed by atoms with van der Waals surface area (Å²) in [7, 11) is 0. The second-order valence-corrected chi connectivity index (χ2v) is 0.935. The summed E-state index contributed by atoms with van der Waals surface area (Å²) in [6, 6.07) is 0. The molecule has 0 atom stereocenters. The zero-order chi connectivity index (χ0) is 4.12. The highest BCUT2D eigenvalue weighted by Gasteiger charge is 1.50. The Morgan fingerprint density at radius 3 is 2.40 bits per heavy atom. The first kappa shape index (κ1) is 5.20. The summed E-state index contributed by atoms with van der Waals surface area (Å²) >= 11 is 8.63. The van der Waals surface area contributed by atoms with E-state index >= 15 is 0 Å². The molecule has 0 rings (SSSR count). The Bertz CT molecular complexity index is 59.0. The minimum Gasteiger partial charge on any atom is -0.166 e. The Morgan fingerprint density at radius 1 is 1.80 bits per heavy atom. The predicted octanol–water partition coefficient (Wildman–Crippen LogP) is 1.12. The summed E-state index contributed by atoms with van der Waals surface area (Å²) < 4.78 is 0. The van der Waals surface area contributed by atoms with Crippen LogP contribution in [0.5, 0.6) is 0 Å². The Kier molecular flexibility index (Phi) is 4.37. The van der Waals surface area contributed by atoms with Crippen LogP contribution in [-0.4, -0.2) is 5.75 Å². The molecule has 0 spiro atoms. The molecule has 0 aliphatic carbocycles. The average molecular weight is 107 g/mol. The molecule has 0 N–H and O–H groups in total. The molecule has 0 aliphatic rings. The third kappa shape index (κ3) is 4.20. The van der Waals surface area contributed by atoms with Gasteiger partial charge in [-0.15, -0.1) is 0 Å². The molecule has 0 saturated carbocycles. The zero-order valence-corrected chi connectivity index (χ0v) is 4.18. The van der Waals surface area contributed by atoms with Gasteiger partial charge in [-0.1, -0.05) is 5.92 Å². The van der Waals surface area contributed by atoms with E-state index in [2.05, 4.69) is 23.9 Å². The number of hydrogen-bond acceptors (Lipinski definition) is 1. The molecule has 2 heteroatoms. The number of thiol groups is 1. The normalized spacial score (nSPS) is 5.20. The monoisotopic (exact) mass is 106 g/mol. The molecule has 28 valence electrons. The topological polar surface area (TPSA) is 0 Å². The molecule has 0 heterocycles. The molecule has 0 nitrogen and oxygen atoms in total. The van der Waals surface area contributed by atoms with Crippen molar-refractivity contribution >= 4 is 24.2 Å². The third-order valence-corrected chi connectivity index (χ3v) is 0.438. The van der Waals surface area contributed by atoms with Crippen LogP contribution in [0.1, 0.15) is 0 Å². The molecule has 5 heavy (non-hydrogen) atoms. The molecule has 0 radical (unpaired) electrons. The van der Waals surface area contributed by atoms with Crippen molar-refractivity contribution in [3.63, 3.8) is 0 Å². The van der Waals surface area contributed by atoms with E-state index in [0.717, 1.165) is 0 Å². The van der Waals surface area contributed by atoms with Crippen LogP contribution in [0.4, 0.5) is 0 Å². The third-order valence-electron chi connectivity index (χ3n) is 0.146. The molecule has 0 amide bonds. The smallest absolute Gasteiger partial charge is 0.0529 e. The van der Waals surface area contributed by atoms with E-state index < -0.39 is 0 Å². The maximum atomic E-state index is 4.89. The maximum Gasteiger partial charge on any atom is 0.0529 e. The molecule has 0 bridgehead atoms. The van der Waals surface area contributed by atoms with Crippen molar-refractivity contribution in [2.24, 2.45) is 0 Å². The molecular weight excluding hydrogens is 104 g/mol. The van der Waals surface area contributed by atoms with Crippen molar-refractivity contribution < 1.29 is 0 Å². The lowest BCUT2D eigenvalue weighted by Gasteiger charge is -1.56. The van der Waals surface area contributed by atoms with Crippen molar-refractivity contribution in [2.75, 3.05) is 5.75 Å². The molecule has 0 aromatic carbocycles. The van der Waals surface area contributed by atoms with Crippen molar-refractivity contribution in [3.05, 3.63) is 0 Å². The van der Waals surface area contributed by atoms with Crippen molar-refractivity contribution in [3.8, 4) is 11.3 Å². The summed E-state index contributed by atoms with van der Waals surface area (Å²) in [4.78, 5) is 0. The number of rotatable bonds is 0. The van der Waals surface area contributed by atoms with Gasteiger partial charge in [-0.2, -0.15) is 12.6 Å². The lowest BCUT2D eigenvalue weighted by atomic mass is 10.8. The van der Waals surface area contributed by atoms with E-state index in [1.807, 2.05) is 0 Å². The molecule has 0 fully saturated rings. The van der Waals surface area contributed by atoms with Gasteiger partial charge in [-0.25, -0.2) is 0 Å². The summed E-state index contributed by atoms with van der Waals surface area (Å²) in [6.07, 6.45) is 0. The zero-order valence-electron chi connectivity index (χ0n) is 2.53. The molecular formula is C3H3ClS. The van der Waals surface area contributed by atoms with Crippen LogP contribution in [0.15, 0.2) is 0 Å². The average Bonchev–Trinajstić information content (AvgIpc) is 1.41. The van der Waals surface area contributed by atoms with Gasteiger partial charge in [0.05, 0.1) is 5.75 Å². The maximum absolute atomic E-state index is 4.89. The fourth-order valence-electron chi connectivity index (χ4n) is 0.0299. The van der Waals surface area contributed by atoms with Gasteiger partial charge >= 0.3 is 0 Å². The van der Waals surface area contributed by atoms with Crippen LogP contribution in [-0.2, 0) is 0 Å². The Labute approximate surface area is 41.9 Å². The number of hydrogen-bond donors (Lipinski definition) is 1. The summed E-state index contributed by atoms with van der Waals surface area (Å²) in [6.45, 7) is 0. The Balaban J connectivity index is 2.81. The van der Waals surface area contributed by atoms with Gasteiger partial charge in [0.2, 0.25) is 0 Å². The fraction of sp³-hybridized carbons (Fsp3) is 0.333. The fourth-order valence-corrected chi connectivity index (χ4v) is 0.269. The first-order chi connectivity index (χ1) is 2.41. The highest BCUT2D eigenvalue weighted by atomic mass is 35.5. The summed E-state index contributed by atoms with van der Waals surface area (Å²) in [5.74, 6) is 3.04. The van der Waals surface area contributed by atoms with Crippen LogP contribution >= 0.6 is 24.2 Å². The summed E-state index contributed by atoms with van der Waals surface area (Å²) in [5, 5.41) is 2.16. The van der Waals surface area contributed by atoms with Crippen molar-refractivity contribution in [1.82, 2.24) is 0 Å². The first-order valence-electron chi connectivity index (χ1n) is 1.11. The van der Waals surface area contributed by atoms with Crippen LogP contribution in [0, 0.1) is 11.3 Å². The van der Waals surface area contributed by atoms with Gasteiger partial charge in [0.25, 0.3) is 0 Å². The van der Waals surface area contributed by atoms with E-state index in [-0.39, 0.29) is 0 Å². The van der Waals surface area contributed by atoms with Gasteiger partial charge in [0.1, 0.15) is 0 Å². The molecule has 0 aliphatic heterocycles. The van der Waals surface area contributed by atoms with E-state index in [0.29, 0.717) is 5.75 Å². The second-order valence-electron chi connectivity index (χ2n) is 0.429. The van der Waals surface area contributed by atoms with E-state index in [1.165, 1.54) is 0 Å². The van der Waals surface area contributed by atoms with Crippen LogP contribution in [0.2, 0.25) is 0 Å². The van der Waals surface area contributed by atoms with Gasteiger partial charge in [0.15, 0.2) is 0 Å². The van der Waals surface area contributed by atoms with Gasteiger partial charge in [-0.05, 0) is 11.6 Å². The minimum absolute atomic E-state index is 0.545. The highest BCUT2D eigenvalue weighted by molar-refractivity contribution is 7.80. The standard InChI is InChI=1S/C3H3ClS/c4-2-1-3-5/h5H,3H2. The lowest BCUT2D eigenvalue weighted by Crippen LogP contribution is -1.51. The Morgan fingerprint density at radius 2 is 2.40 bits per heavy atom. The van der Waals surface area contributed by atoms with E-state index in [1.54, 1.807) is 0 Å². The predicted molar refractivity (Wildman–Crippen MR) is 27.5 cm³/mol. The number of halogens is 1.